The first kappa shape index (κ1) is 12.9. The maximum Gasteiger partial charge on any atom is 0.252 e. The number of allylic oxidation sites excluding steroid dienone is 1. The minimum absolute atomic E-state index is 0.180. The molecule has 1 aromatic heterocycles. The van der Waals surface area contributed by atoms with E-state index in [0.29, 0.717) is 11.6 Å². The van der Waals surface area contributed by atoms with Gasteiger partial charge in [0.05, 0.1) is 0 Å². The van der Waals surface area contributed by atoms with E-state index in [1.165, 1.54) is 6.07 Å². The Balaban J connectivity index is 2.01. The van der Waals surface area contributed by atoms with Crippen molar-refractivity contribution < 1.29 is 0 Å². The van der Waals surface area contributed by atoms with Gasteiger partial charge in [-0.3, -0.25) is 15.2 Å². The molecule has 0 aliphatic carbocycles. The van der Waals surface area contributed by atoms with Gasteiger partial charge in [0.1, 0.15) is 0 Å². The van der Waals surface area contributed by atoms with Gasteiger partial charge in [0.2, 0.25) is 5.95 Å². The van der Waals surface area contributed by atoms with Crippen molar-refractivity contribution in [2.75, 3.05) is 5.43 Å². The Morgan fingerprint density at radius 2 is 2.05 bits per heavy atom. The van der Waals surface area contributed by atoms with E-state index in [-0.39, 0.29) is 5.56 Å². The third-order valence-corrected chi connectivity index (χ3v) is 2.58. The number of hydrazine groups is 1. The van der Waals surface area contributed by atoms with E-state index >= 15 is 0 Å². The van der Waals surface area contributed by atoms with Crippen LogP contribution in [0.4, 0.5) is 5.95 Å². The normalized spacial score (nSPS) is 11.2. The molecule has 3 N–H and O–H groups in total. The molecule has 0 radical (unpaired) electrons. The second kappa shape index (κ2) is 5.86. The van der Waals surface area contributed by atoms with Gasteiger partial charge in [-0.15, -0.1) is 0 Å². The predicted molar refractivity (Wildman–Crippen MR) is 76.4 cm³/mol. The SMILES string of the molecule is CC(=CNNc1nc(C)cc(=O)[nH]1)c1ccccc1. The van der Waals surface area contributed by atoms with E-state index in [0.717, 1.165) is 11.1 Å². The summed E-state index contributed by atoms with van der Waals surface area (Å²) in [5.74, 6) is 0.391. The molecule has 5 nitrogen and oxygen atoms in total. The molecule has 1 heterocycles. The number of H-pyrrole nitrogens is 1. The number of benzene rings is 1. The van der Waals surface area contributed by atoms with Crippen LogP contribution in [0.25, 0.3) is 5.57 Å². The van der Waals surface area contributed by atoms with E-state index in [1.807, 2.05) is 43.5 Å². The topological polar surface area (TPSA) is 69.8 Å². The average Bonchev–Trinajstić information content (AvgIpc) is 2.38. The molecule has 98 valence electrons. The molecule has 0 atom stereocenters. The van der Waals surface area contributed by atoms with Crippen molar-refractivity contribution >= 4 is 11.5 Å². The zero-order valence-electron chi connectivity index (χ0n) is 10.9. The second-order valence-electron chi connectivity index (χ2n) is 4.20. The fourth-order valence-corrected chi connectivity index (χ4v) is 1.64. The smallest absolute Gasteiger partial charge is 0.252 e. The van der Waals surface area contributed by atoms with Gasteiger partial charge in [-0.05, 0) is 25.0 Å². The Bertz CT molecular complexity index is 631. The number of aromatic amines is 1. The minimum atomic E-state index is -0.180. The third kappa shape index (κ3) is 3.70. The molecule has 2 rings (SSSR count). The Labute approximate surface area is 111 Å². The van der Waals surface area contributed by atoms with Crippen LogP contribution in [-0.4, -0.2) is 9.97 Å². The highest BCUT2D eigenvalue weighted by atomic mass is 16.1. The molecule has 0 amide bonds. The van der Waals surface area contributed by atoms with Crippen LogP contribution in [0.3, 0.4) is 0 Å². The summed E-state index contributed by atoms with van der Waals surface area (Å²) in [6.45, 7) is 3.77. The van der Waals surface area contributed by atoms with Gasteiger partial charge >= 0.3 is 0 Å². The van der Waals surface area contributed by atoms with Crippen LogP contribution in [0, 0.1) is 6.92 Å². The molecule has 5 heteroatoms. The first-order valence-corrected chi connectivity index (χ1v) is 5.97. The second-order valence-corrected chi connectivity index (χ2v) is 4.20. The van der Waals surface area contributed by atoms with Crippen LogP contribution in [0.1, 0.15) is 18.2 Å². The standard InChI is InChI=1S/C14H16N4O/c1-10(12-6-4-3-5-7-12)9-15-18-14-16-11(2)8-13(19)17-14/h3-9,15H,1-2H3,(H2,16,17,18,19). The van der Waals surface area contributed by atoms with Crippen molar-refractivity contribution in [2.45, 2.75) is 13.8 Å². The van der Waals surface area contributed by atoms with Crippen LogP contribution in [-0.2, 0) is 0 Å². The summed E-state index contributed by atoms with van der Waals surface area (Å²) < 4.78 is 0. The summed E-state index contributed by atoms with van der Waals surface area (Å²) in [5, 5.41) is 0. The van der Waals surface area contributed by atoms with Crippen LogP contribution < -0.4 is 16.4 Å². The van der Waals surface area contributed by atoms with Crippen molar-refractivity contribution in [3.05, 3.63) is 64.2 Å². The minimum Gasteiger partial charge on any atom is -0.305 e. The predicted octanol–water partition coefficient (Wildman–Crippen LogP) is 2.06. The maximum atomic E-state index is 11.3. The highest BCUT2D eigenvalue weighted by molar-refractivity contribution is 5.63. The van der Waals surface area contributed by atoms with Crippen molar-refractivity contribution in [1.82, 2.24) is 15.4 Å². The molecule has 2 aromatic rings. The van der Waals surface area contributed by atoms with Gasteiger partial charge in [0.25, 0.3) is 5.56 Å². The number of hydrogen-bond acceptors (Lipinski definition) is 4. The highest BCUT2D eigenvalue weighted by Gasteiger charge is 1.96. The number of nitrogens with one attached hydrogen (secondary N) is 3. The summed E-state index contributed by atoms with van der Waals surface area (Å²) >= 11 is 0. The average molecular weight is 256 g/mol. The molecular formula is C14H16N4O. The Kier molecular flexibility index (Phi) is 3.97. The number of hydrogen-bond donors (Lipinski definition) is 3. The zero-order chi connectivity index (χ0) is 13.7. The Morgan fingerprint density at radius 3 is 2.74 bits per heavy atom. The fourth-order valence-electron chi connectivity index (χ4n) is 1.64. The summed E-state index contributed by atoms with van der Waals surface area (Å²) in [5.41, 5.74) is 8.43. The molecule has 0 unspecified atom stereocenters. The lowest BCUT2D eigenvalue weighted by molar-refractivity contribution is 0.963. The quantitative estimate of drug-likeness (QED) is 0.732. The van der Waals surface area contributed by atoms with Crippen molar-refractivity contribution in [1.29, 1.82) is 0 Å². The fraction of sp³-hybridized carbons (Fsp3) is 0.143. The molecule has 0 aliphatic rings. The molecule has 0 fully saturated rings. The molecule has 0 aliphatic heterocycles. The van der Waals surface area contributed by atoms with E-state index < -0.39 is 0 Å². The van der Waals surface area contributed by atoms with Gasteiger partial charge in [-0.25, -0.2) is 4.98 Å². The number of anilines is 1. The van der Waals surface area contributed by atoms with Crippen LogP contribution >= 0.6 is 0 Å². The summed E-state index contributed by atoms with van der Waals surface area (Å²) in [4.78, 5) is 18.0. The van der Waals surface area contributed by atoms with Gasteiger partial charge in [0.15, 0.2) is 0 Å². The van der Waals surface area contributed by atoms with Crippen molar-refractivity contribution in [3.63, 3.8) is 0 Å². The first-order chi connectivity index (χ1) is 9.15. The lowest BCUT2D eigenvalue weighted by Gasteiger charge is -2.07. The van der Waals surface area contributed by atoms with Crippen LogP contribution in [0.5, 0.6) is 0 Å². The lowest BCUT2D eigenvalue weighted by atomic mass is 10.1. The Hall–Kier alpha value is -2.56. The first-order valence-electron chi connectivity index (χ1n) is 5.97. The number of aromatic nitrogens is 2. The number of aryl methyl sites for hydroxylation is 1. The number of rotatable bonds is 4. The van der Waals surface area contributed by atoms with E-state index in [4.69, 9.17) is 0 Å². The van der Waals surface area contributed by atoms with E-state index in [2.05, 4.69) is 20.8 Å². The van der Waals surface area contributed by atoms with Gasteiger partial charge in [0, 0.05) is 18.0 Å². The molecule has 0 bridgehead atoms. The zero-order valence-corrected chi connectivity index (χ0v) is 10.9. The lowest BCUT2D eigenvalue weighted by Crippen LogP contribution is -2.20. The van der Waals surface area contributed by atoms with Crippen LogP contribution in [0.2, 0.25) is 0 Å². The number of nitrogens with zero attached hydrogens (tertiary/aromatic N) is 1. The van der Waals surface area contributed by atoms with Gasteiger partial charge < -0.3 is 5.43 Å². The third-order valence-electron chi connectivity index (χ3n) is 2.58. The van der Waals surface area contributed by atoms with Crippen LogP contribution in [0.15, 0.2) is 47.4 Å². The molecule has 0 spiro atoms. The summed E-state index contributed by atoms with van der Waals surface area (Å²) in [7, 11) is 0. The molecule has 0 saturated carbocycles. The highest BCUT2D eigenvalue weighted by Crippen LogP contribution is 2.11. The van der Waals surface area contributed by atoms with E-state index in [9.17, 15) is 4.79 Å². The largest absolute Gasteiger partial charge is 0.305 e. The van der Waals surface area contributed by atoms with E-state index in [1.54, 1.807) is 6.92 Å². The maximum absolute atomic E-state index is 11.3. The summed E-state index contributed by atoms with van der Waals surface area (Å²) in [6, 6.07) is 11.4. The molecule has 19 heavy (non-hydrogen) atoms. The van der Waals surface area contributed by atoms with Crippen molar-refractivity contribution in [2.24, 2.45) is 0 Å². The molecule has 1 aromatic carbocycles. The van der Waals surface area contributed by atoms with Gasteiger partial charge in [-0.2, -0.15) is 0 Å². The summed E-state index contributed by atoms with van der Waals surface area (Å²) in [6.07, 6.45) is 1.82. The van der Waals surface area contributed by atoms with Gasteiger partial charge in [-0.1, -0.05) is 30.3 Å². The molecular weight excluding hydrogens is 240 g/mol. The molecule has 0 saturated heterocycles. The monoisotopic (exact) mass is 256 g/mol. The Morgan fingerprint density at radius 1 is 1.32 bits per heavy atom. The van der Waals surface area contributed by atoms with Crippen molar-refractivity contribution in [3.8, 4) is 0 Å².